The SMILES string of the molecule is I.NC(=NCCCN1CCN(c2cccc(Cl)c2)CC1)N1CCSCC1. The number of nitrogens with two attached hydrogens (primary N) is 1. The molecule has 0 amide bonds. The number of hydrogen-bond acceptors (Lipinski definition) is 4. The standard InChI is InChI=1S/C18H28ClN5S.HI/c19-16-3-1-4-17(15-16)23-9-7-22(8-10-23)6-2-5-21-18(20)24-11-13-25-14-12-24;/h1,3-4,15H,2,5-14H2,(H2,20,21);1H. The zero-order valence-corrected chi connectivity index (χ0v) is 19.1. The Balaban J connectivity index is 0.00000243. The van der Waals surface area contributed by atoms with Gasteiger partial charge >= 0.3 is 0 Å². The van der Waals surface area contributed by atoms with E-state index >= 15 is 0 Å². The summed E-state index contributed by atoms with van der Waals surface area (Å²) in [6.07, 6.45) is 1.07. The summed E-state index contributed by atoms with van der Waals surface area (Å²) in [5.41, 5.74) is 7.32. The summed E-state index contributed by atoms with van der Waals surface area (Å²) >= 11 is 8.09. The van der Waals surface area contributed by atoms with Gasteiger partial charge in [0.05, 0.1) is 0 Å². The molecule has 2 fully saturated rings. The first-order valence-corrected chi connectivity index (χ1v) is 10.6. The Hall–Kier alpha value is -0.380. The van der Waals surface area contributed by atoms with Gasteiger partial charge in [0.1, 0.15) is 0 Å². The van der Waals surface area contributed by atoms with Crippen LogP contribution in [0.2, 0.25) is 5.02 Å². The first-order chi connectivity index (χ1) is 12.2. The van der Waals surface area contributed by atoms with Crippen LogP contribution >= 0.6 is 47.3 Å². The van der Waals surface area contributed by atoms with E-state index < -0.39 is 0 Å². The largest absolute Gasteiger partial charge is 0.370 e. The number of benzene rings is 1. The van der Waals surface area contributed by atoms with Crippen molar-refractivity contribution in [3.63, 3.8) is 0 Å². The molecule has 2 saturated heterocycles. The molecular weight excluding hydrogens is 481 g/mol. The van der Waals surface area contributed by atoms with Crippen LogP contribution in [0.15, 0.2) is 29.3 Å². The van der Waals surface area contributed by atoms with Gasteiger partial charge in [0.25, 0.3) is 0 Å². The molecular formula is C18H29ClIN5S. The Morgan fingerprint density at radius 3 is 2.54 bits per heavy atom. The topological polar surface area (TPSA) is 48.1 Å². The zero-order valence-electron chi connectivity index (χ0n) is 15.1. The summed E-state index contributed by atoms with van der Waals surface area (Å²) in [5.74, 6) is 3.05. The van der Waals surface area contributed by atoms with Crippen LogP contribution in [-0.4, -0.2) is 79.6 Å². The van der Waals surface area contributed by atoms with Gasteiger partial charge in [0.2, 0.25) is 0 Å². The van der Waals surface area contributed by atoms with Crippen LogP contribution in [0.1, 0.15) is 6.42 Å². The lowest BCUT2D eigenvalue weighted by molar-refractivity contribution is 0.256. The molecule has 0 aromatic heterocycles. The molecule has 26 heavy (non-hydrogen) atoms. The molecule has 2 heterocycles. The highest BCUT2D eigenvalue weighted by Gasteiger charge is 2.17. The lowest BCUT2D eigenvalue weighted by Crippen LogP contribution is -2.46. The van der Waals surface area contributed by atoms with Crippen LogP contribution in [0.3, 0.4) is 0 Å². The lowest BCUT2D eigenvalue weighted by Gasteiger charge is -2.36. The number of nitrogens with zero attached hydrogens (tertiary/aromatic N) is 4. The molecule has 0 spiro atoms. The molecule has 1 aromatic carbocycles. The fourth-order valence-corrected chi connectivity index (χ4v) is 4.37. The van der Waals surface area contributed by atoms with E-state index in [2.05, 4.69) is 25.8 Å². The summed E-state index contributed by atoms with van der Waals surface area (Å²) in [6.45, 7) is 8.27. The number of rotatable bonds is 5. The van der Waals surface area contributed by atoms with E-state index in [9.17, 15) is 0 Å². The molecule has 0 bridgehead atoms. The summed E-state index contributed by atoms with van der Waals surface area (Å²) in [7, 11) is 0. The number of thioether (sulfide) groups is 1. The van der Waals surface area contributed by atoms with Crippen LogP contribution in [0.25, 0.3) is 0 Å². The first kappa shape index (κ1) is 21.9. The second-order valence-corrected chi connectivity index (χ2v) is 8.16. The highest BCUT2D eigenvalue weighted by Crippen LogP contribution is 2.20. The van der Waals surface area contributed by atoms with Crippen molar-refractivity contribution in [2.45, 2.75) is 6.42 Å². The van der Waals surface area contributed by atoms with E-state index in [0.717, 1.165) is 81.3 Å². The molecule has 0 atom stereocenters. The van der Waals surface area contributed by atoms with Crippen molar-refractivity contribution in [3.8, 4) is 0 Å². The fourth-order valence-electron chi connectivity index (χ4n) is 3.28. The Bertz CT molecular complexity index is 574. The van der Waals surface area contributed by atoms with Gasteiger partial charge in [-0.15, -0.1) is 24.0 Å². The fraction of sp³-hybridized carbons (Fsp3) is 0.611. The van der Waals surface area contributed by atoms with E-state index in [-0.39, 0.29) is 24.0 Å². The maximum Gasteiger partial charge on any atom is 0.191 e. The van der Waals surface area contributed by atoms with Crippen LogP contribution < -0.4 is 10.6 Å². The molecule has 1 aromatic rings. The van der Waals surface area contributed by atoms with Crippen molar-refractivity contribution in [1.82, 2.24) is 9.80 Å². The molecule has 0 saturated carbocycles. The van der Waals surface area contributed by atoms with Crippen molar-refractivity contribution >= 4 is 59.0 Å². The predicted octanol–water partition coefficient (Wildman–Crippen LogP) is 2.83. The molecule has 8 heteroatoms. The van der Waals surface area contributed by atoms with E-state index in [1.165, 1.54) is 5.69 Å². The molecule has 146 valence electrons. The number of anilines is 1. The molecule has 2 N–H and O–H groups in total. The minimum Gasteiger partial charge on any atom is -0.370 e. The van der Waals surface area contributed by atoms with E-state index in [4.69, 9.17) is 17.3 Å². The van der Waals surface area contributed by atoms with Crippen LogP contribution in [0, 0.1) is 0 Å². The number of halogens is 2. The maximum absolute atomic E-state index is 6.10. The van der Waals surface area contributed by atoms with Crippen LogP contribution in [0.4, 0.5) is 5.69 Å². The van der Waals surface area contributed by atoms with Crippen molar-refractivity contribution in [2.75, 3.05) is 68.8 Å². The number of aliphatic imine (C=N–C) groups is 1. The van der Waals surface area contributed by atoms with E-state index in [1.54, 1.807) is 0 Å². The first-order valence-electron chi connectivity index (χ1n) is 9.08. The van der Waals surface area contributed by atoms with Gasteiger partial charge in [-0.05, 0) is 24.6 Å². The maximum atomic E-state index is 6.10. The number of guanidine groups is 1. The minimum atomic E-state index is 0. The Morgan fingerprint density at radius 2 is 1.85 bits per heavy atom. The summed E-state index contributed by atoms with van der Waals surface area (Å²) in [6, 6.07) is 8.13. The quantitative estimate of drug-likeness (QED) is 0.286. The molecule has 2 aliphatic heterocycles. The smallest absolute Gasteiger partial charge is 0.191 e. The number of piperazine rings is 1. The third-order valence-electron chi connectivity index (χ3n) is 4.79. The van der Waals surface area contributed by atoms with Crippen LogP contribution in [-0.2, 0) is 0 Å². The lowest BCUT2D eigenvalue weighted by atomic mass is 10.2. The van der Waals surface area contributed by atoms with Gasteiger partial charge in [0.15, 0.2) is 5.96 Å². The second kappa shape index (κ2) is 11.5. The third-order valence-corrected chi connectivity index (χ3v) is 5.96. The van der Waals surface area contributed by atoms with Crippen molar-refractivity contribution in [2.24, 2.45) is 10.7 Å². The predicted molar refractivity (Wildman–Crippen MR) is 126 cm³/mol. The zero-order chi connectivity index (χ0) is 17.5. The molecule has 0 radical (unpaired) electrons. The van der Waals surface area contributed by atoms with Crippen molar-refractivity contribution < 1.29 is 0 Å². The van der Waals surface area contributed by atoms with Gasteiger partial charge in [-0.25, -0.2) is 0 Å². The van der Waals surface area contributed by atoms with E-state index in [0.29, 0.717) is 0 Å². The van der Waals surface area contributed by atoms with Gasteiger partial charge in [-0.1, -0.05) is 17.7 Å². The Labute approximate surface area is 183 Å². The number of hydrogen-bond donors (Lipinski definition) is 1. The highest BCUT2D eigenvalue weighted by atomic mass is 127. The van der Waals surface area contributed by atoms with Crippen LogP contribution in [0.5, 0.6) is 0 Å². The van der Waals surface area contributed by atoms with Gasteiger partial charge in [-0.3, -0.25) is 9.89 Å². The Morgan fingerprint density at radius 1 is 1.12 bits per heavy atom. The Kier molecular flexibility index (Phi) is 9.66. The normalized spacial score (nSPS) is 19.3. The monoisotopic (exact) mass is 509 g/mol. The van der Waals surface area contributed by atoms with Crippen molar-refractivity contribution in [3.05, 3.63) is 29.3 Å². The van der Waals surface area contributed by atoms with Crippen molar-refractivity contribution in [1.29, 1.82) is 0 Å². The van der Waals surface area contributed by atoms with Gasteiger partial charge < -0.3 is 15.5 Å². The average Bonchev–Trinajstić information content (AvgIpc) is 2.66. The molecule has 5 nitrogen and oxygen atoms in total. The second-order valence-electron chi connectivity index (χ2n) is 6.50. The third kappa shape index (κ3) is 6.65. The van der Waals surface area contributed by atoms with E-state index in [1.807, 2.05) is 30.0 Å². The molecule has 3 rings (SSSR count). The highest BCUT2D eigenvalue weighted by molar-refractivity contribution is 14.0. The minimum absolute atomic E-state index is 0. The average molecular weight is 510 g/mol. The van der Waals surface area contributed by atoms with Gasteiger partial charge in [0, 0.05) is 74.6 Å². The summed E-state index contributed by atoms with van der Waals surface area (Å²) < 4.78 is 0. The summed E-state index contributed by atoms with van der Waals surface area (Å²) in [5, 5.41) is 0.808. The molecule has 2 aliphatic rings. The summed E-state index contributed by atoms with van der Waals surface area (Å²) in [4.78, 5) is 11.7. The molecule has 0 unspecified atom stereocenters. The van der Waals surface area contributed by atoms with Gasteiger partial charge in [-0.2, -0.15) is 11.8 Å². The molecule has 0 aliphatic carbocycles.